The van der Waals surface area contributed by atoms with E-state index in [1.54, 1.807) is 4.52 Å². The number of pyridine rings is 1. The quantitative estimate of drug-likeness (QED) is 0.826. The lowest BCUT2D eigenvalue weighted by Crippen LogP contribution is -2.12. The molecule has 2 aromatic heterocycles. The van der Waals surface area contributed by atoms with Gasteiger partial charge in [-0.15, -0.1) is 5.10 Å². The molecule has 0 aliphatic rings. The Kier molecular flexibility index (Phi) is 2.45. The molecular formula is C10H14N4O. The summed E-state index contributed by atoms with van der Waals surface area (Å²) in [5.74, 6) is 0.932. The fourth-order valence-electron chi connectivity index (χ4n) is 1.28. The van der Waals surface area contributed by atoms with Crippen LogP contribution < -0.4 is 10.5 Å². The predicted octanol–water partition coefficient (Wildman–Crippen LogP) is 1.49. The maximum absolute atomic E-state index is 5.70. The van der Waals surface area contributed by atoms with Crippen molar-refractivity contribution in [2.24, 2.45) is 0 Å². The molecule has 15 heavy (non-hydrogen) atoms. The van der Waals surface area contributed by atoms with Crippen molar-refractivity contribution in [2.75, 3.05) is 5.73 Å². The summed E-state index contributed by atoms with van der Waals surface area (Å²) < 4.78 is 7.31. The average Bonchev–Trinajstić information content (AvgIpc) is 2.59. The number of rotatable bonds is 3. The van der Waals surface area contributed by atoms with Gasteiger partial charge in [0.25, 0.3) is 0 Å². The molecule has 0 amide bonds. The molecular weight excluding hydrogens is 192 g/mol. The standard InChI is InChI=1S/C10H14N4O/c1-3-7(2)15-9-6-4-5-8-12-10(11)13-14(8)9/h4-7H,3H2,1-2H3,(H2,11,13). The Bertz CT molecular complexity index is 465. The van der Waals surface area contributed by atoms with Crippen molar-refractivity contribution in [3.63, 3.8) is 0 Å². The Balaban J connectivity index is 2.41. The first-order valence-corrected chi connectivity index (χ1v) is 4.98. The van der Waals surface area contributed by atoms with Gasteiger partial charge in [-0.1, -0.05) is 13.0 Å². The maximum atomic E-state index is 5.70. The number of nitrogen functional groups attached to an aromatic ring is 1. The minimum Gasteiger partial charge on any atom is -0.475 e. The summed E-state index contributed by atoms with van der Waals surface area (Å²) in [6.45, 7) is 4.08. The molecule has 0 aliphatic carbocycles. The fraction of sp³-hybridized carbons (Fsp3) is 0.400. The Morgan fingerprint density at radius 3 is 3.07 bits per heavy atom. The van der Waals surface area contributed by atoms with E-state index < -0.39 is 0 Å². The minimum absolute atomic E-state index is 0.154. The second kappa shape index (κ2) is 3.76. The van der Waals surface area contributed by atoms with Crippen molar-refractivity contribution < 1.29 is 4.74 Å². The van der Waals surface area contributed by atoms with Crippen LogP contribution in [0.4, 0.5) is 5.95 Å². The fourth-order valence-corrected chi connectivity index (χ4v) is 1.28. The summed E-state index contributed by atoms with van der Waals surface area (Å²) in [6.07, 6.45) is 1.10. The van der Waals surface area contributed by atoms with E-state index in [0.717, 1.165) is 6.42 Å². The zero-order chi connectivity index (χ0) is 10.8. The van der Waals surface area contributed by atoms with E-state index in [0.29, 0.717) is 11.5 Å². The van der Waals surface area contributed by atoms with Gasteiger partial charge in [0.2, 0.25) is 11.8 Å². The van der Waals surface area contributed by atoms with Crippen LogP contribution in [0, 0.1) is 0 Å². The molecule has 1 unspecified atom stereocenters. The van der Waals surface area contributed by atoms with Crippen molar-refractivity contribution in [1.29, 1.82) is 0 Å². The third-order valence-corrected chi connectivity index (χ3v) is 2.24. The minimum atomic E-state index is 0.154. The third kappa shape index (κ3) is 1.86. The van der Waals surface area contributed by atoms with Crippen molar-refractivity contribution in [1.82, 2.24) is 14.6 Å². The van der Waals surface area contributed by atoms with Gasteiger partial charge in [0.1, 0.15) is 0 Å². The largest absolute Gasteiger partial charge is 0.475 e. The highest BCUT2D eigenvalue weighted by atomic mass is 16.5. The number of fused-ring (bicyclic) bond motifs is 1. The van der Waals surface area contributed by atoms with E-state index in [2.05, 4.69) is 17.0 Å². The highest BCUT2D eigenvalue weighted by Crippen LogP contribution is 2.15. The summed E-state index contributed by atoms with van der Waals surface area (Å²) in [7, 11) is 0. The van der Waals surface area contributed by atoms with Crippen LogP contribution in [0.2, 0.25) is 0 Å². The molecule has 0 fully saturated rings. The number of nitrogens with zero attached hydrogens (tertiary/aromatic N) is 3. The van der Waals surface area contributed by atoms with E-state index in [4.69, 9.17) is 10.5 Å². The summed E-state index contributed by atoms with van der Waals surface area (Å²) >= 11 is 0. The molecule has 0 saturated heterocycles. The van der Waals surface area contributed by atoms with E-state index in [9.17, 15) is 0 Å². The van der Waals surface area contributed by atoms with Crippen LogP contribution in [0.25, 0.3) is 5.65 Å². The first-order valence-electron chi connectivity index (χ1n) is 4.98. The van der Waals surface area contributed by atoms with Gasteiger partial charge in [-0.2, -0.15) is 9.50 Å². The summed E-state index contributed by atoms with van der Waals surface area (Å²) in [4.78, 5) is 4.06. The first-order chi connectivity index (χ1) is 7.20. The van der Waals surface area contributed by atoms with Gasteiger partial charge >= 0.3 is 0 Å². The molecule has 0 saturated carbocycles. The SMILES string of the molecule is CCC(C)Oc1cccc2nc(N)nn12. The first kappa shape index (κ1) is 9.76. The molecule has 80 valence electrons. The molecule has 2 heterocycles. The van der Waals surface area contributed by atoms with Crippen molar-refractivity contribution in [3.05, 3.63) is 18.2 Å². The normalized spacial score (nSPS) is 12.9. The molecule has 2 aromatic rings. The molecule has 0 radical (unpaired) electrons. The molecule has 2 rings (SSSR count). The third-order valence-electron chi connectivity index (χ3n) is 2.24. The smallest absolute Gasteiger partial charge is 0.240 e. The number of ether oxygens (including phenoxy) is 1. The lowest BCUT2D eigenvalue weighted by Gasteiger charge is -2.12. The summed E-state index contributed by atoms with van der Waals surface area (Å²) in [5, 5.41) is 4.06. The van der Waals surface area contributed by atoms with Crippen LogP contribution in [0.3, 0.4) is 0 Å². The van der Waals surface area contributed by atoms with E-state index in [1.165, 1.54) is 0 Å². The molecule has 0 spiro atoms. The lowest BCUT2D eigenvalue weighted by molar-refractivity contribution is 0.203. The van der Waals surface area contributed by atoms with E-state index in [-0.39, 0.29) is 12.1 Å². The molecule has 0 bridgehead atoms. The number of hydrogen-bond acceptors (Lipinski definition) is 4. The Morgan fingerprint density at radius 1 is 1.53 bits per heavy atom. The van der Waals surface area contributed by atoms with E-state index >= 15 is 0 Å². The molecule has 5 heteroatoms. The number of hydrogen-bond donors (Lipinski definition) is 1. The van der Waals surface area contributed by atoms with E-state index in [1.807, 2.05) is 25.1 Å². The second-order valence-corrected chi connectivity index (χ2v) is 3.44. The lowest BCUT2D eigenvalue weighted by atomic mass is 10.3. The molecule has 0 aromatic carbocycles. The topological polar surface area (TPSA) is 65.4 Å². The molecule has 0 aliphatic heterocycles. The highest BCUT2D eigenvalue weighted by molar-refractivity contribution is 5.44. The maximum Gasteiger partial charge on any atom is 0.240 e. The predicted molar refractivity (Wildman–Crippen MR) is 57.8 cm³/mol. The van der Waals surface area contributed by atoms with Gasteiger partial charge in [-0.25, -0.2) is 0 Å². The molecule has 1 atom stereocenters. The average molecular weight is 206 g/mol. The number of nitrogens with two attached hydrogens (primary N) is 1. The summed E-state index contributed by atoms with van der Waals surface area (Å²) in [5.41, 5.74) is 6.23. The van der Waals surface area contributed by atoms with Crippen LogP contribution in [0.1, 0.15) is 20.3 Å². The number of anilines is 1. The van der Waals surface area contributed by atoms with Crippen molar-refractivity contribution in [3.8, 4) is 5.88 Å². The molecule has 5 nitrogen and oxygen atoms in total. The number of aromatic nitrogens is 3. The monoisotopic (exact) mass is 206 g/mol. The van der Waals surface area contributed by atoms with Crippen LogP contribution in [0.5, 0.6) is 5.88 Å². The van der Waals surface area contributed by atoms with Crippen LogP contribution >= 0.6 is 0 Å². The summed E-state index contributed by atoms with van der Waals surface area (Å²) in [6, 6.07) is 5.57. The van der Waals surface area contributed by atoms with Crippen LogP contribution in [-0.2, 0) is 0 Å². The highest BCUT2D eigenvalue weighted by Gasteiger charge is 2.07. The van der Waals surface area contributed by atoms with Gasteiger partial charge in [0.15, 0.2) is 5.65 Å². The second-order valence-electron chi connectivity index (χ2n) is 3.44. The molecule has 2 N–H and O–H groups in total. The Morgan fingerprint density at radius 2 is 2.33 bits per heavy atom. The zero-order valence-electron chi connectivity index (χ0n) is 8.84. The Labute approximate surface area is 87.9 Å². The zero-order valence-corrected chi connectivity index (χ0v) is 8.84. The van der Waals surface area contributed by atoms with Crippen LogP contribution in [-0.4, -0.2) is 20.7 Å². The van der Waals surface area contributed by atoms with Gasteiger partial charge < -0.3 is 10.5 Å². The van der Waals surface area contributed by atoms with Gasteiger partial charge in [-0.3, -0.25) is 0 Å². The van der Waals surface area contributed by atoms with Crippen molar-refractivity contribution in [2.45, 2.75) is 26.4 Å². The van der Waals surface area contributed by atoms with Gasteiger partial charge in [0, 0.05) is 6.07 Å². The van der Waals surface area contributed by atoms with Gasteiger partial charge in [0.05, 0.1) is 6.10 Å². The van der Waals surface area contributed by atoms with Crippen LogP contribution in [0.15, 0.2) is 18.2 Å². The Hall–Kier alpha value is -1.78. The van der Waals surface area contributed by atoms with Crippen molar-refractivity contribution >= 4 is 11.6 Å². The van der Waals surface area contributed by atoms with Gasteiger partial charge in [-0.05, 0) is 19.4 Å².